The zero-order valence-electron chi connectivity index (χ0n) is 14.0. The normalized spacial score (nSPS) is 12.0. The maximum Gasteiger partial charge on any atom is 0.305 e. The molecule has 1 unspecified atom stereocenters. The van der Waals surface area contributed by atoms with Crippen LogP contribution in [0.15, 0.2) is 0 Å². The summed E-state index contributed by atoms with van der Waals surface area (Å²) in [7, 11) is 0. The molecule has 0 radical (unpaired) electrons. The van der Waals surface area contributed by atoms with Crippen LogP contribution in [0.5, 0.6) is 0 Å². The Kier molecular flexibility index (Phi) is 13.2. The second-order valence-electron chi connectivity index (χ2n) is 5.68. The SMILES string of the molecule is CCCCCCCOC(=O)CCCC(=O)OCC(C)CC. The fourth-order valence-corrected chi connectivity index (χ4v) is 1.77. The van der Waals surface area contributed by atoms with E-state index in [4.69, 9.17) is 9.47 Å². The van der Waals surface area contributed by atoms with Gasteiger partial charge in [-0.1, -0.05) is 52.9 Å². The highest BCUT2D eigenvalue weighted by molar-refractivity contribution is 5.72. The van der Waals surface area contributed by atoms with Crippen molar-refractivity contribution >= 4 is 11.9 Å². The van der Waals surface area contributed by atoms with E-state index >= 15 is 0 Å². The molecular formula is C17H32O4. The Balaban J connectivity index is 3.42. The van der Waals surface area contributed by atoms with Gasteiger partial charge < -0.3 is 9.47 Å². The number of carbonyl (C=O) groups excluding carboxylic acids is 2. The molecule has 0 aliphatic heterocycles. The molecule has 0 aromatic heterocycles. The summed E-state index contributed by atoms with van der Waals surface area (Å²) in [6, 6.07) is 0. The number of esters is 2. The molecule has 0 saturated heterocycles. The lowest BCUT2D eigenvalue weighted by Crippen LogP contribution is -2.12. The number of hydrogen-bond acceptors (Lipinski definition) is 4. The molecule has 0 aromatic rings. The maximum atomic E-state index is 11.5. The fourth-order valence-electron chi connectivity index (χ4n) is 1.77. The summed E-state index contributed by atoms with van der Waals surface area (Å²) in [5.41, 5.74) is 0. The lowest BCUT2D eigenvalue weighted by molar-refractivity contribution is -0.146. The number of ether oxygens (including phenoxy) is 2. The first kappa shape index (κ1) is 19.9. The van der Waals surface area contributed by atoms with Gasteiger partial charge in [0.15, 0.2) is 0 Å². The van der Waals surface area contributed by atoms with Crippen LogP contribution >= 0.6 is 0 Å². The highest BCUT2D eigenvalue weighted by Crippen LogP contribution is 2.06. The first-order valence-electron chi connectivity index (χ1n) is 8.41. The maximum absolute atomic E-state index is 11.5. The van der Waals surface area contributed by atoms with E-state index in [0.717, 1.165) is 19.3 Å². The molecule has 4 nitrogen and oxygen atoms in total. The third-order valence-electron chi connectivity index (χ3n) is 3.50. The molecule has 0 saturated carbocycles. The lowest BCUT2D eigenvalue weighted by atomic mass is 10.1. The summed E-state index contributed by atoms with van der Waals surface area (Å²) in [6.45, 7) is 7.26. The van der Waals surface area contributed by atoms with Crippen molar-refractivity contribution in [2.24, 2.45) is 5.92 Å². The van der Waals surface area contributed by atoms with Crippen LogP contribution in [0.25, 0.3) is 0 Å². The van der Waals surface area contributed by atoms with Crippen LogP contribution in [0, 0.1) is 5.92 Å². The standard InChI is InChI=1S/C17H32O4/c1-4-6-7-8-9-13-20-16(18)11-10-12-17(19)21-14-15(3)5-2/h15H,4-14H2,1-3H3. The largest absolute Gasteiger partial charge is 0.466 e. The molecule has 0 spiro atoms. The average Bonchev–Trinajstić information content (AvgIpc) is 2.48. The Morgan fingerprint density at radius 1 is 0.857 bits per heavy atom. The molecular weight excluding hydrogens is 268 g/mol. The zero-order chi connectivity index (χ0) is 15.9. The molecule has 21 heavy (non-hydrogen) atoms. The van der Waals surface area contributed by atoms with Gasteiger partial charge in [0, 0.05) is 12.8 Å². The van der Waals surface area contributed by atoms with Gasteiger partial charge in [-0.15, -0.1) is 0 Å². The highest BCUT2D eigenvalue weighted by Gasteiger charge is 2.08. The minimum atomic E-state index is -0.220. The van der Waals surface area contributed by atoms with E-state index in [9.17, 15) is 9.59 Å². The predicted octanol–water partition coefficient (Wildman–Crippen LogP) is 4.26. The van der Waals surface area contributed by atoms with Crippen molar-refractivity contribution in [1.29, 1.82) is 0 Å². The van der Waals surface area contributed by atoms with Crippen LogP contribution < -0.4 is 0 Å². The van der Waals surface area contributed by atoms with Crippen molar-refractivity contribution in [3.8, 4) is 0 Å². The Morgan fingerprint density at radius 3 is 2.10 bits per heavy atom. The van der Waals surface area contributed by atoms with E-state index in [-0.39, 0.29) is 11.9 Å². The second-order valence-corrected chi connectivity index (χ2v) is 5.68. The number of carbonyl (C=O) groups is 2. The Bertz CT molecular complexity index is 276. The quantitative estimate of drug-likeness (QED) is 0.377. The second kappa shape index (κ2) is 13.9. The molecule has 0 bridgehead atoms. The molecule has 124 valence electrons. The summed E-state index contributed by atoms with van der Waals surface area (Å²) >= 11 is 0. The lowest BCUT2D eigenvalue weighted by Gasteiger charge is -2.09. The van der Waals surface area contributed by atoms with Crippen molar-refractivity contribution < 1.29 is 19.1 Å². The topological polar surface area (TPSA) is 52.6 Å². The third kappa shape index (κ3) is 13.7. The van der Waals surface area contributed by atoms with Crippen molar-refractivity contribution in [2.45, 2.75) is 78.6 Å². The predicted molar refractivity (Wildman–Crippen MR) is 84.0 cm³/mol. The molecule has 0 aromatic carbocycles. The van der Waals surface area contributed by atoms with E-state index < -0.39 is 0 Å². The fraction of sp³-hybridized carbons (Fsp3) is 0.882. The van der Waals surface area contributed by atoms with Crippen LogP contribution in [0.3, 0.4) is 0 Å². The minimum Gasteiger partial charge on any atom is -0.466 e. The van der Waals surface area contributed by atoms with E-state index in [1.165, 1.54) is 19.3 Å². The van der Waals surface area contributed by atoms with E-state index in [2.05, 4.69) is 13.8 Å². The van der Waals surface area contributed by atoms with Gasteiger partial charge in [0.2, 0.25) is 0 Å². The van der Waals surface area contributed by atoms with Crippen LogP contribution in [0.4, 0.5) is 0 Å². The van der Waals surface area contributed by atoms with Gasteiger partial charge in [-0.25, -0.2) is 0 Å². The summed E-state index contributed by atoms with van der Waals surface area (Å²) < 4.78 is 10.3. The van der Waals surface area contributed by atoms with E-state index in [0.29, 0.717) is 38.4 Å². The van der Waals surface area contributed by atoms with Gasteiger partial charge >= 0.3 is 11.9 Å². The van der Waals surface area contributed by atoms with Gasteiger partial charge in [-0.3, -0.25) is 9.59 Å². The molecule has 0 heterocycles. The Hall–Kier alpha value is -1.06. The summed E-state index contributed by atoms with van der Waals surface area (Å²) in [6.07, 6.45) is 7.81. The van der Waals surface area contributed by atoms with Gasteiger partial charge in [0.1, 0.15) is 0 Å². The zero-order valence-corrected chi connectivity index (χ0v) is 14.0. The van der Waals surface area contributed by atoms with E-state index in [1.54, 1.807) is 0 Å². The van der Waals surface area contributed by atoms with Crippen molar-refractivity contribution in [3.63, 3.8) is 0 Å². The first-order chi connectivity index (χ1) is 10.1. The molecule has 0 N–H and O–H groups in total. The molecule has 0 aliphatic carbocycles. The number of rotatable bonds is 13. The highest BCUT2D eigenvalue weighted by atomic mass is 16.5. The van der Waals surface area contributed by atoms with Crippen molar-refractivity contribution in [2.75, 3.05) is 13.2 Å². The Morgan fingerprint density at radius 2 is 1.48 bits per heavy atom. The first-order valence-corrected chi connectivity index (χ1v) is 8.41. The van der Waals surface area contributed by atoms with Crippen LogP contribution in [-0.4, -0.2) is 25.2 Å². The summed E-state index contributed by atoms with van der Waals surface area (Å²) in [4.78, 5) is 22.9. The average molecular weight is 300 g/mol. The molecule has 0 amide bonds. The van der Waals surface area contributed by atoms with Gasteiger partial charge in [0.25, 0.3) is 0 Å². The smallest absolute Gasteiger partial charge is 0.305 e. The molecule has 1 atom stereocenters. The van der Waals surface area contributed by atoms with Gasteiger partial charge in [0.05, 0.1) is 13.2 Å². The molecule has 4 heteroatoms. The van der Waals surface area contributed by atoms with Gasteiger partial charge in [-0.2, -0.15) is 0 Å². The van der Waals surface area contributed by atoms with Gasteiger partial charge in [-0.05, 0) is 18.8 Å². The summed E-state index contributed by atoms with van der Waals surface area (Å²) in [5, 5.41) is 0. The minimum absolute atomic E-state index is 0.208. The molecule has 0 aliphatic rings. The van der Waals surface area contributed by atoms with E-state index in [1.807, 2.05) is 6.92 Å². The van der Waals surface area contributed by atoms with Crippen LogP contribution in [0.1, 0.15) is 78.6 Å². The van der Waals surface area contributed by atoms with Crippen LogP contribution in [0.2, 0.25) is 0 Å². The monoisotopic (exact) mass is 300 g/mol. The molecule has 0 fully saturated rings. The van der Waals surface area contributed by atoms with Crippen molar-refractivity contribution in [1.82, 2.24) is 0 Å². The number of unbranched alkanes of at least 4 members (excludes halogenated alkanes) is 4. The number of hydrogen-bond donors (Lipinski definition) is 0. The third-order valence-corrected chi connectivity index (χ3v) is 3.50. The van der Waals surface area contributed by atoms with Crippen LogP contribution in [-0.2, 0) is 19.1 Å². The molecule has 0 rings (SSSR count). The van der Waals surface area contributed by atoms with Crippen molar-refractivity contribution in [3.05, 3.63) is 0 Å². The summed E-state index contributed by atoms with van der Waals surface area (Å²) in [5.74, 6) is -0.0329. The Labute approximate surface area is 129 Å².